The minimum atomic E-state index is -1.09. The number of carboxylic acids is 1. The number of rotatable bonds is 3. The molecule has 3 rings (SSSR count). The number of aromatic carboxylic acids is 1. The Morgan fingerprint density at radius 2 is 2.05 bits per heavy atom. The number of halogens is 1. The molecule has 0 fully saturated rings. The first kappa shape index (κ1) is 13.6. The van der Waals surface area contributed by atoms with Crippen LogP contribution in [-0.4, -0.2) is 17.6 Å². The zero-order valence-electron chi connectivity index (χ0n) is 11.6. The van der Waals surface area contributed by atoms with Gasteiger partial charge in [-0.1, -0.05) is 24.3 Å². The summed E-state index contributed by atoms with van der Waals surface area (Å²) in [5.41, 5.74) is 3.10. The summed E-state index contributed by atoms with van der Waals surface area (Å²) in [6, 6.07) is 12.1. The van der Waals surface area contributed by atoms with Crippen LogP contribution in [0.15, 0.2) is 42.5 Å². The van der Waals surface area contributed by atoms with Crippen LogP contribution in [0.1, 0.15) is 27.9 Å². The number of fused-ring (bicyclic) bond motifs is 1. The summed E-state index contributed by atoms with van der Waals surface area (Å²) < 4.78 is 13.2. The molecule has 0 aromatic heterocycles. The van der Waals surface area contributed by atoms with Crippen molar-refractivity contribution in [1.29, 1.82) is 0 Å². The lowest BCUT2D eigenvalue weighted by Crippen LogP contribution is -2.29. The van der Waals surface area contributed by atoms with Gasteiger partial charge in [0.15, 0.2) is 0 Å². The van der Waals surface area contributed by atoms with E-state index in [1.54, 1.807) is 6.07 Å². The first-order valence-electron chi connectivity index (χ1n) is 7.00. The Hall–Kier alpha value is -2.36. The lowest BCUT2D eigenvalue weighted by molar-refractivity contribution is 0.0695. The molecule has 0 spiro atoms. The number of hydrogen-bond donors (Lipinski definition) is 1. The van der Waals surface area contributed by atoms with Crippen molar-refractivity contribution in [2.45, 2.75) is 19.4 Å². The second-order valence-corrected chi connectivity index (χ2v) is 5.26. The van der Waals surface area contributed by atoms with Crippen LogP contribution < -0.4 is 4.90 Å². The van der Waals surface area contributed by atoms with E-state index in [0.29, 0.717) is 12.1 Å². The maximum absolute atomic E-state index is 13.2. The zero-order valence-corrected chi connectivity index (χ0v) is 11.6. The average Bonchev–Trinajstić information content (AvgIpc) is 2.49. The van der Waals surface area contributed by atoms with Gasteiger partial charge < -0.3 is 10.0 Å². The molecule has 0 atom stereocenters. The minimum absolute atomic E-state index is 0.0399. The Labute approximate surface area is 122 Å². The Balaban J connectivity index is 1.93. The molecule has 4 heteroatoms. The number of aryl methyl sites for hydroxylation is 1. The third-order valence-corrected chi connectivity index (χ3v) is 3.87. The van der Waals surface area contributed by atoms with Gasteiger partial charge in [-0.05, 0) is 42.2 Å². The number of hydrogen-bond acceptors (Lipinski definition) is 2. The molecule has 0 aliphatic carbocycles. The van der Waals surface area contributed by atoms with Crippen molar-refractivity contribution in [2.24, 2.45) is 0 Å². The van der Waals surface area contributed by atoms with Crippen molar-refractivity contribution in [1.82, 2.24) is 0 Å². The Morgan fingerprint density at radius 3 is 2.86 bits per heavy atom. The van der Waals surface area contributed by atoms with Crippen LogP contribution in [0.2, 0.25) is 0 Å². The first-order valence-corrected chi connectivity index (χ1v) is 7.00. The maximum Gasteiger partial charge on any atom is 0.336 e. The molecule has 21 heavy (non-hydrogen) atoms. The molecule has 1 aliphatic heterocycles. The normalized spacial score (nSPS) is 13.9. The van der Waals surface area contributed by atoms with E-state index >= 15 is 0 Å². The molecule has 3 nitrogen and oxygen atoms in total. The lowest BCUT2D eigenvalue weighted by Gasteiger charge is -2.31. The van der Waals surface area contributed by atoms with Crippen LogP contribution in [0, 0.1) is 5.82 Å². The number of benzene rings is 2. The summed E-state index contributed by atoms with van der Waals surface area (Å²) in [7, 11) is 0. The highest BCUT2D eigenvalue weighted by atomic mass is 19.1. The number of carboxylic acid groups (broad SMARTS) is 1. The van der Waals surface area contributed by atoms with Gasteiger partial charge in [0.05, 0.1) is 5.56 Å². The predicted molar refractivity (Wildman–Crippen MR) is 79.2 cm³/mol. The van der Waals surface area contributed by atoms with Crippen LogP contribution in [0.5, 0.6) is 0 Å². The average molecular weight is 285 g/mol. The SMILES string of the molecule is O=C(O)c1cc(F)ccc1CN1CCCc2ccccc21. The Kier molecular flexibility index (Phi) is 3.60. The van der Waals surface area contributed by atoms with E-state index in [-0.39, 0.29) is 5.56 Å². The van der Waals surface area contributed by atoms with Gasteiger partial charge in [0.25, 0.3) is 0 Å². The number of nitrogens with zero attached hydrogens (tertiary/aromatic N) is 1. The molecule has 1 heterocycles. The summed E-state index contributed by atoms with van der Waals surface area (Å²) in [6.07, 6.45) is 2.09. The van der Waals surface area contributed by atoms with Gasteiger partial charge in [0.2, 0.25) is 0 Å². The summed E-state index contributed by atoms with van der Waals surface area (Å²) >= 11 is 0. The second-order valence-electron chi connectivity index (χ2n) is 5.26. The highest BCUT2D eigenvalue weighted by molar-refractivity contribution is 5.89. The number of carbonyl (C=O) groups is 1. The molecule has 2 aromatic carbocycles. The molecule has 2 aromatic rings. The van der Waals surface area contributed by atoms with E-state index in [4.69, 9.17) is 0 Å². The fraction of sp³-hybridized carbons (Fsp3) is 0.235. The smallest absolute Gasteiger partial charge is 0.336 e. The second kappa shape index (κ2) is 5.56. The van der Waals surface area contributed by atoms with Gasteiger partial charge in [-0.15, -0.1) is 0 Å². The molecular formula is C17H16FNO2. The van der Waals surface area contributed by atoms with Gasteiger partial charge in [0, 0.05) is 18.8 Å². The van der Waals surface area contributed by atoms with E-state index in [2.05, 4.69) is 17.0 Å². The van der Waals surface area contributed by atoms with Crippen molar-refractivity contribution >= 4 is 11.7 Å². The Morgan fingerprint density at radius 1 is 1.24 bits per heavy atom. The van der Waals surface area contributed by atoms with Gasteiger partial charge >= 0.3 is 5.97 Å². The summed E-state index contributed by atoms with van der Waals surface area (Å²) in [6.45, 7) is 1.37. The van der Waals surface area contributed by atoms with Crippen LogP contribution in [0.25, 0.3) is 0 Å². The number of anilines is 1. The Bertz CT molecular complexity index is 684. The van der Waals surface area contributed by atoms with Crippen LogP contribution in [-0.2, 0) is 13.0 Å². The molecule has 0 saturated heterocycles. The fourth-order valence-electron chi connectivity index (χ4n) is 2.87. The van der Waals surface area contributed by atoms with Crippen molar-refractivity contribution in [2.75, 3.05) is 11.4 Å². The van der Waals surface area contributed by atoms with E-state index < -0.39 is 11.8 Å². The maximum atomic E-state index is 13.2. The minimum Gasteiger partial charge on any atom is -0.478 e. The van der Waals surface area contributed by atoms with Gasteiger partial charge in [-0.2, -0.15) is 0 Å². The largest absolute Gasteiger partial charge is 0.478 e. The highest BCUT2D eigenvalue weighted by Crippen LogP contribution is 2.28. The van der Waals surface area contributed by atoms with Crippen molar-refractivity contribution < 1.29 is 14.3 Å². The molecule has 1 aliphatic rings. The molecule has 108 valence electrons. The molecular weight excluding hydrogens is 269 g/mol. The number of para-hydroxylation sites is 1. The molecule has 0 radical (unpaired) electrons. The molecule has 0 amide bonds. The van der Waals surface area contributed by atoms with Crippen LogP contribution in [0.3, 0.4) is 0 Å². The molecule has 0 saturated carbocycles. The standard InChI is InChI=1S/C17H16FNO2/c18-14-8-7-13(15(10-14)17(20)21)11-19-9-3-5-12-4-1-2-6-16(12)19/h1-2,4,6-8,10H,3,5,9,11H2,(H,20,21). The topological polar surface area (TPSA) is 40.5 Å². The summed E-state index contributed by atoms with van der Waals surface area (Å²) in [4.78, 5) is 13.4. The third kappa shape index (κ3) is 2.75. The van der Waals surface area contributed by atoms with E-state index in [0.717, 1.165) is 31.1 Å². The van der Waals surface area contributed by atoms with E-state index in [1.165, 1.54) is 11.6 Å². The van der Waals surface area contributed by atoms with Gasteiger partial charge in [-0.25, -0.2) is 9.18 Å². The highest BCUT2D eigenvalue weighted by Gasteiger charge is 2.19. The first-order chi connectivity index (χ1) is 10.1. The molecule has 0 unspecified atom stereocenters. The van der Waals surface area contributed by atoms with Crippen LogP contribution in [0.4, 0.5) is 10.1 Å². The van der Waals surface area contributed by atoms with Crippen LogP contribution >= 0.6 is 0 Å². The zero-order chi connectivity index (χ0) is 14.8. The predicted octanol–water partition coefficient (Wildman–Crippen LogP) is 3.48. The molecule has 1 N–H and O–H groups in total. The van der Waals surface area contributed by atoms with Crippen molar-refractivity contribution in [3.8, 4) is 0 Å². The van der Waals surface area contributed by atoms with Gasteiger partial charge in [-0.3, -0.25) is 0 Å². The molecule has 0 bridgehead atoms. The van der Waals surface area contributed by atoms with E-state index in [9.17, 15) is 14.3 Å². The summed E-state index contributed by atoms with van der Waals surface area (Å²) in [5, 5.41) is 9.23. The quantitative estimate of drug-likeness (QED) is 0.938. The van der Waals surface area contributed by atoms with Crippen molar-refractivity contribution in [3.63, 3.8) is 0 Å². The fourth-order valence-corrected chi connectivity index (χ4v) is 2.87. The lowest BCUT2D eigenvalue weighted by atomic mass is 10.00. The monoisotopic (exact) mass is 285 g/mol. The third-order valence-electron chi connectivity index (χ3n) is 3.87. The summed E-state index contributed by atoms with van der Waals surface area (Å²) in [5.74, 6) is -1.61. The van der Waals surface area contributed by atoms with E-state index in [1.807, 2.05) is 12.1 Å². The van der Waals surface area contributed by atoms with Crippen molar-refractivity contribution in [3.05, 3.63) is 65.0 Å². The van der Waals surface area contributed by atoms with Gasteiger partial charge in [0.1, 0.15) is 5.82 Å².